The molecule has 7 nitrogen and oxygen atoms in total. The largest absolute Gasteiger partial charge is 0.434 e. The van der Waals surface area contributed by atoms with E-state index in [1.165, 1.54) is 23.7 Å². The number of nitrogens with zero attached hydrogens (tertiary/aromatic N) is 2. The fraction of sp³-hybridized carbons (Fsp3) is 0.467. The third-order valence-electron chi connectivity index (χ3n) is 2.74. The number of hydrogen-bond acceptors (Lipinski definition) is 8. The average Bonchev–Trinajstić information content (AvgIpc) is 2.64. The van der Waals surface area contributed by atoms with Crippen LogP contribution in [0.4, 0.5) is 10.5 Å². The molecule has 0 aliphatic rings. The van der Waals surface area contributed by atoms with Crippen LogP contribution in [0.3, 0.4) is 0 Å². The number of oxime groups is 1. The quantitative estimate of drug-likeness (QED) is 0.106. The molecule has 0 spiro atoms. The Balaban J connectivity index is 2.81. The molecule has 0 fully saturated rings. The van der Waals surface area contributed by atoms with Crippen molar-refractivity contribution in [2.24, 2.45) is 5.16 Å². The van der Waals surface area contributed by atoms with Crippen molar-refractivity contribution in [1.29, 1.82) is 0 Å². The molecule has 0 saturated carbocycles. The van der Waals surface area contributed by atoms with E-state index in [0.29, 0.717) is 18.3 Å². The summed E-state index contributed by atoms with van der Waals surface area (Å²) in [7, 11) is 0. The van der Waals surface area contributed by atoms with Gasteiger partial charge < -0.3 is 14.4 Å². The van der Waals surface area contributed by atoms with Gasteiger partial charge in [-0.15, -0.1) is 11.8 Å². The van der Waals surface area contributed by atoms with Crippen LogP contribution in [0.1, 0.15) is 20.8 Å². The van der Waals surface area contributed by atoms with Crippen molar-refractivity contribution >= 4 is 59.0 Å². The standard InChI is InChI=1S/C15H24N3O4PS3/c1-5-20-23(24,21-6-2)18(14-10-8-7-9-11-14)26-12-16-15(19)22-17-13(3)25-4/h7-11H,5-6,12H2,1-4H3,(H,16,19)/b17-13+. The van der Waals surface area contributed by atoms with E-state index < -0.39 is 12.7 Å². The molecular formula is C15H24N3O4PS3. The Bertz CT molecular complexity index is 624. The highest BCUT2D eigenvalue weighted by Gasteiger charge is 2.29. The van der Waals surface area contributed by atoms with Gasteiger partial charge in [-0.3, -0.25) is 4.84 Å². The lowest BCUT2D eigenvalue weighted by molar-refractivity contribution is 0.153. The minimum absolute atomic E-state index is 0.222. The zero-order valence-electron chi connectivity index (χ0n) is 15.2. The SMILES string of the molecule is CCOP(=S)(OCC)N(SCNC(=O)O/N=C(\C)SC)c1ccccc1. The first-order chi connectivity index (χ1) is 12.5. The molecule has 0 aliphatic carbocycles. The molecular weight excluding hydrogens is 413 g/mol. The Morgan fingerprint density at radius 2 is 1.88 bits per heavy atom. The number of carbonyl (C=O) groups excluding carboxylic acids is 1. The third-order valence-corrected chi connectivity index (χ3v) is 8.40. The van der Waals surface area contributed by atoms with E-state index in [1.54, 1.807) is 6.92 Å². The maximum Gasteiger partial charge on any atom is 0.434 e. The summed E-state index contributed by atoms with van der Waals surface area (Å²) in [5.41, 5.74) is 0.842. The lowest BCUT2D eigenvalue weighted by Crippen LogP contribution is -2.26. The Kier molecular flexibility index (Phi) is 11.3. The first kappa shape index (κ1) is 23.3. The van der Waals surface area contributed by atoms with Crippen LogP contribution in [0.25, 0.3) is 0 Å². The van der Waals surface area contributed by atoms with Crippen LogP contribution in [0.2, 0.25) is 0 Å². The molecule has 1 N–H and O–H groups in total. The highest BCUT2D eigenvalue weighted by atomic mass is 32.5. The van der Waals surface area contributed by atoms with Gasteiger partial charge in [0.1, 0.15) is 5.04 Å². The molecule has 0 aliphatic heterocycles. The topological polar surface area (TPSA) is 72.4 Å². The summed E-state index contributed by atoms with van der Waals surface area (Å²) in [5.74, 6) is 0.222. The summed E-state index contributed by atoms with van der Waals surface area (Å²) in [5, 5.41) is 6.97. The van der Waals surface area contributed by atoms with E-state index in [4.69, 9.17) is 25.7 Å². The van der Waals surface area contributed by atoms with Crippen LogP contribution in [0, 0.1) is 0 Å². The molecule has 0 bridgehead atoms. The van der Waals surface area contributed by atoms with Crippen molar-refractivity contribution in [3.63, 3.8) is 0 Å². The summed E-state index contributed by atoms with van der Waals surface area (Å²) in [6.07, 6.45) is 1.21. The molecule has 0 aromatic heterocycles. The Morgan fingerprint density at radius 3 is 2.42 bits per heavy atom. The number of para-hydroxylation sites is 1. The zero-order valence-corrected chi connectivity index (χ0v) is 18.6. The first-order valence-corrected chi connectivity index (χ1v) is 12.6. The predicted octanol–water partition coefficient (Wildman–Crippen LogP) is 4.82. The number of nitrogens with one attached hydrogen (secondary N) is 1. The van der Waals surface area contributed by atoms with Crippen LogP contribution >= 0.6 is 30.4 Å². The summed E-state index contributed by atoms with van der Waals surface area (Å²) in [4.78, 5) is 16.5. The number of hydrogen-bond donors (Lipinski definition) is 1. The lowest BCUT2D eigenvalue weighted by atomic mass is 10.3. The van der Waals surface area contributed by atoms with Crippen molar-refractivity contribution in [3.05, 3.63) is 30.3 Å². The normalized spacial score (nSPS) is 11.9. The van der Waals surface area contributed by atoms with Crippen molar-refractivity contribution in [3.8, 4) is 0 Å². The second kappa shape index (κ2) is 12.6. The summed E-state index contributed by atoms with van der Waals surface area (Å²) in [6.45, 7) is 3.61. The molecule has 1 rings (SSSR count). The molecule has 0 saturated heterocycles. The van der Waals surface area contributed by atoms with Gasteiger partial charge in [0.15, 0.2) is 0 Å². The molecule has 1 aromatic carbocycles. The molecule has 1 amide bonds. The lowest BCUT2D eigenvalue weighted by Gasteiger charge is -2.33. The summed E-state index contributed by atoms with van der Waals surface area (Å²) >= 11 is 8.38. The van der Waals surface area contributed by atoms with Gasteiger partial charge in [0.05, 0.1) is 24.8 Å². The highest BCUT2D eigenvalue weighted by molar-refractivity contribution is 8.19. The van der Waals surface area contributed by atoms with Gasteiger partial charge in [-0.05, 0) is 62.9 Å². The number of benzene rings is 1. The maximum absolute atomic E-state index is 11.7. The smallest absolute Gasteiger partial charge is 0.313 e. The molecule has 0 atom stereocenters. The van der Waals surface area contributed by atoms with E-state index in [2.05, 4.69) is 10.5 Å². The van der Waals surface area contributed by atoms with Gasteiger partial charge in [0.25, 0.3) is 6.64 Å². The molecule has 146 valence electrons. The predicted molar refractivity (Wildman–Crippen MR) is 115 cm³/mol. The first-order valence-electron chi connectivity index (χ1n) is 7.88. The minimum atomic E-state index is -2.74. The van der Waals surface area contributed by atoms with Gasteiger partial charge in [-0.1, -0.05) is 23.4 Å². The number of amides is 1. The summed E-state index contributed by atoms with van der Waals surface area (Å²) < 4.78 is 13.4. The molecule has 0 radical (unpaired) electrons. The van der Waals surface area contributed by atoms with Gasteiger partial charge in [-0.25, -0.2) is 8.87 Å². The molecule has 0 unspecified atom stereocenters. The van der Waals surface area contributed by atoms with Crippen LogP contribution in [-0.2, 0) is 25.7 Å². The second-order valence-electron chi connectivity index (χ2n) is 4.56. The average molecular weight is 438 g/mol. The van der Waals surface area contributed by atoms with Crippen molar-refractivity contribution in [2.75, 3.05) is 29.4 Å². The molecule has 1 aromatic rings. The fourth-order valence-electron chi connectivity index (χ4n) is 1.64. The van der Waals surface area contributed by atoms with Crippen LogP contribution < -0.4 is 9.39 Å². The van der Waals surface area contributed by atoms with Crippen molar-refractivity contribution in [1.82, 2.24) is 5.32 Å². The van der Waals surface area contributed by atoms with Crippen LogP contribution in [-0.4, -0.2) is 36.5 Å². The minimum Gasteiger partial charge on any atom is -0.313 e. The van der Waals surface area contributed by atoms with Crippen LogP contribution in [0.5, 0.6) is 0 Å². The van der Waals surface area contributed by atoms with Gasteiger partial charge in [0.2, 0.25) is 0 Å². The zero-order chi connectivity index (χ0) is 19.4. The van der Waals surface area contributed by atoms with Gasteiger partial charge >= 0.3 is 6.09 Å². The van der Waals surface area contributed by atoms with E-state index >= 15 is 0 Å². The van der Waals surface area contributed by atoms with Gasteiger partial charge in [-0.2, -0.15) is 0 Å². The van der Waals surface area contributed by atoms with E-state index in [-0.39, 0.29) is 5.88 Å². The second-order valence-corrected chi connectivity index (χ2v) is 9.98. The molecule has 26 heavy (non-hydrogen) atoms. The fourth-order valence-corrected chi connectivity index (χ4v) is 6.04. The Morgan fingerprint density at radius 1 is 1.27 bits per heavy atom. The maximum atomic E-state index is 11.7. The molecule has 0 heterocycles. The Labute approximate surface area is 168 Å². The number of carbonyl (C=O) groups is 1. The van der Waals surface area contributed by atoms with Crippen molar-refractivity contribution in [2.45, 2.75) is 20.8 Å². The number of rotatable bonds is 10. The van der Waals surface area contributed by atoms with E-state index in [0.717, 1.165) is 5.69 Å². The monoisotopic (exact) mass is 437 g/mol. The van der Waals surface area contributed by atoms with Gasteiger partial charge in [0, 0.05) is 0 Å². The summed E-state index contributed by atoms with van der Waals surface area (Å²) in [6, 6.07) is 9.55. The van der Waals surface area contributed by atoms with Crippen molar-refractivity contribution < 1.29 is 18.7 Å². The van der Waals surface area contributed by atoms with E-state index in [9.17, 15) is 4.79 Å². The highest BCUT2D eigenvalue weighted by Crippen LogP contribution is 2.57. The number of anilines is 1. The molecule has 11 heteroatoms. The third kappa shape index (κ3) is 7.85. The number of thioether (sulfide) groups is 1. The Hall–Kier alpha value is -0.770. The van der Waals surface area contributed by atoms with E-state index in [1.807, 2.05) is 54.5 Å². The van der Waals surface area contributed by atoms with Crippen LogP contribution in [0.15, 0.2) is 35.5 Å².